The Balaban J connectivity index is 1.71. The molecule has 2 N–H and O–H groups in total. The lowest BCUT2D eigenvalue weighted by Crippen LogP contribution is -2.25. The molecule has 5 nitrogen and oxygen atoms in total. The standard InChI is InChI=1S/C14H20N4O/c1-10-7-13-14(15-5-6-18(13)17-10)16-9-11-3-2-4-12(19)8-11/h5-7,11-12,19H,2-4,8-9H2,1H3,(H,15,16). The summed E-state index contributed by atoms with van der Waals surface area (Å²) in [6.45, 7) is 2.85. The minimum absolute atomic E-state index is 0.124. The fourth-order valence-corrected chi connectivity index (χ4v) is 2.87. The van der Waals surface area contributed by atoms with E-state index < -0.39 is 0 Å². The molecule has 0 radical (unpaired) electrons. The molecule has 0 aromatic carbocycles. The molecule has 2 heterocycles. The average Bonchev–Trinajstić information content (AvgIpc) is 2.77. The molecular weight excluding hydrogens is 240 g/mol. The predicted octanol–water partition coefficient (Wildman–Crippen LogP) is 2.00. The van der Waals surface area contributed by atoms with Crippen LogP contribution in [0.15, 0.2) is 18.5 Å². The number of nitrogens with zero attached hydrogens (tertiary/aromatic N) is 3. The van der Waals surface area contributed by atoms with Crippen LogP contribution >= 0.6 is 0 Å². The third-order valence-electron chi connectivity index (χ3n) is 3.83. The Morgan fingerprint density at radius 2 is 2.37 bits per heavy atom. The first-order chi connectivity index (χ1) is 9.22. The number of anilines is 1. The highest BCUT2D eigenvalue weighted by atomic mass is 16.3. The van der Waals surface area contributed by atoms with Crippen molar-refractivity contribution in [2.45, 2.75) is 38.7 Å². The van der Waals surface area contributed by atoms with Crippen LogP contribution < -0.4 is 5.32 Å². The number of aliphatic hydroxyl groups excluding tert-OH is 1. The van der Waals surface area contributed by atoms with Crippen LogP contribution in [-0.4, -0.2) is 32.4 Å². The van der Waals surface area contributed by atoms with E-state index in [1.54, 1.807) is 6.20 Å². The lowest BCUT2D eigenvalue weighted by atomic mass is 9.87. The van der Waals surface area contributed by atoms with Crippen LogP contribution in [-0.2, 0) is 0 Å². The Labute approximate surface area is 112 Å². The monoisotopic (exact) mass is 260 g/mol. The van der Waals surface area contributed by atoms with Gasteiger partial charge in [-0.15, -0.1) is 0 Å². The summed E-state index contributed by atoms with van der Waals surface area (Å²) >= 11 is 0. The van der Waals surface area contributed by atoms with E-state index >= 15 is 0 Å². The molecule has 5 heteroatoms. The van der Waals surface area contributed by atoms with Crippen LogP contribution in [0.25, 0.3) is 5.52 Å². The molecule has 19 heavy (non-hydrogen) atoms. The van der Waals surface area contributed by atoms with Gasteiger partial charge in [-0.3, -0.25) is 0 Å². The molecule has 102 valence electrons. The SMILES string of the molecule is Cc1cc2c(NCC3CCCC(O)C3)nccn2n1. The number of aryl methyl sites for hydroxylation is 1. The Morgan fingerprint density at radius 3 is 3.21 bits per heavy atom. The summed E-state index contributed by atoms with van der Waals surface area (Å²) in [6.07, 6.45) is 7.65. The number of hydrogen-bond acceptors (Lipinski definition) is 4. The van der Waals surface area contributed by atoms with Crippen molar-refractivity contribution in [2.75, 3.05) is 11.9 Å². The molecule has 0 amide bonds. The summed E-state index contributed by atoms with van der Waals surface area (Å²) in [6, 6.07) is 2.03. The number of hydrogen-bond donors (Lipinski definition) is 2. The Hall–Kier alpha value is -1.62. The second-order valence-corrected chi connectivity index (χ2v) is 5.46. The first-order valence-electron chi connectivity index (χ1n) is 6.95. The van der Waals surface area contributed by atoms with Gasteiger partial charge in [-0.05, 0) is 38.2 Å². The first-order valence-corrected chi connectivity index (χ1v) is 6.95. The maximum Gasteiger partial charge on any atom is 0.152 e. The van der Waals surface area contributed by atoms with E-state index in [1.807, 2.05) is 23.7 Å². The number of aliphatic hydroxyl groups is 1. The number of fused-ring (bicyclic) bond motifs is 1. The van der Waals surface area contributed by atoms with Crippen LogP contribution in [0.4, 0.5) is 5.82 Å². The minimum atomic E-state index is -0.124. The smallest absolute Gasteiger partial charge is 0.152 e. The molecule has 1 saturated carbocycles. The summed E-state index contributed by atoms with van der Waals surface area (Å²) < 4.78 is 1.85. The molecule has 2 aromatic rings. The molecular formula is C14H20N4O. The van der Waals surface area contributed by atoms with Crippen LogP contribution in [0.5, 0.6) is 0 Å². The molecule has 2 unspecified atom stereocenters. The molecule has 2 aromatic heterocycles. The van der Waals surface area contributed by atoms with Gasteiger partial charge < -0.3 is 10.4 Å². The van der Waals surface area contributed by atoms with Crippen molar-refractivity contribution in [2.24, 2.45) is 5.92 Å². The Bertz CT molecular complexity index is 566. The highest BCUT2D eigenvalue weighted by molar-refractivity contribution is 5.67. The predicted molar refractivity (Wildman–Crippen MR) is 74.2 cm³/mol. The zero-order valence-corrected chi connectivity index (χ0v) is 11.2. The number of aromatic nitrogens is 3. The largest absolute Gasteiger partial charge is 0.393 e. The topological polar surface area (TPSA) is 62.5 Å². The highest BCUT2D eigenvalue weighted by Gasteiger charge is 2.20. The van der Waals surface area contributed by atoms with E-state index in [0.717, 1.165) is 42.8 Å². The Kier molecular flexibility index (Phi) is 3.38. The van der Waals surface area contributed by atoms with Crippen LogP contribution in [0.2, 0.25) is 0 Å². The second kappa shape index (κ2) is 5.17. The van der Waals surface area contributed by atoms with Crippen molar-refractivity contribution < 1.29 is 5.11 Å². The van der Waals surface area contributed by atoms with Crippen molar-refractivity contribution in [3.63, 3.8) is 0 Å². The molecule has 1 aliphatic rings. The zero-order valence-electron chi connectivity index (χ0n) is 11.2. The van der Waals surface area contributed by atoms with Gasteiger partial charge in [0.05, 0.1) is 11.8 Å². The van der Waals surface area contributed by atoms with Gasteiger partial charge in [0.2, 0.25) is 0 Å². The summed E-state index contributed by atoms with van der Waals surface area (Å²) in [5.41, 5.74) is 2.00. The van der Waals surface area contributed by atoms with Gasteiger partial charge in [0.15, 0.2) is 5.82 Å². The van der Waals surface area contributed by atoms with E-state index in [4.69, 9.17) is 0 Å². The molecule has 0 spiro atoms. The zero-order chi connectivity index (χ0) is 13.2. The van der Waals surface area contributed by atoms with E-state index in [1.165, 1.54) is 6.42 Å². The van der Waals surface area contributed by atoms with Gasteiger partial charge in [-0.25, -0.2) is 9.50 Å². The lowest BCUT2D eigenvalue weighted by Gasteiger charge is -2.26. The van der Waals surface area contributed by atoms with Gasteiger partial charge in [0.25, 0.3) is 0 Å². The molecule has 3 rings (SSSR count). The second-order valence-electron chi connectivity index (χ2n) is 5.46. The van der Waals surface area contributed by atoms with Crippen molar-refractivity contribution in [3.05, 3.63) is 24.2 Å². The summed E-state index contributed by atoms with van der Waals surface area (Å²) in [5.74, 6) is 1.41. The van der Waals surface area contributed by atoms with E-state index in [-0.39, 0.29) is 6.10 Å². The van der Waals surface area contributed by atoms with Crippen molar-refractivity contribution in [1.29, 1.82) is 0 Å². The summed E-state index contributed by atoms with van der Waals surface area (Å²) in [5, 5.41) is 17.5. The van der Waals surface area contributed by atoms with Gasteiger partial charge in [-0.2, -0.15) is 5.10 Å². The Morgan fingerprint density at radius 1 is 1.47 bits per heavy atom. The summed E-state index contributed by atoms with van der Waals surface area (Å²) in [4.78, 5) is 4.39. The third-order valence-corrected chi connectivity index (χ3v) is 3.83. The lowest BCUT2D eigenvalue weighted by molar-refractivity contribution is 0.104. The number of nitrogens with one attached hydrogen (secondary N) is 1. The van der Waals surface area contributed by atoms with Crippen LogP contribution in [0.3, 0.4) is 0 Å². The first kappa shape index (κ1) is 12.4. The highest BCUT2D eigenvalue weighted by Crippen LogP contribution is 2.25. The molecule has 2 atom stereocenters. The van der Waals surface area contributed by atoms with Crippen molar-refractivity contribution >= 4 is 11.3 Å². The fraction of sp³-hybridized carbons (Fsp3) is 0.571. The molecule has 0 saturated heterocycles. The minimum Gasteiger partial charge on any atom is -0.393 e. The van der Waals surface area contributed by atoms with Crippen LogP contribution in [0, 0.1) is 12.8 Å². The molecule has 0 aliphatic heterocycles. The molecule has 0 bridgehead atoms. The van der Waals surface area contributed by atoms with Crippen LogP contribution in [0.1, 0.15) is 31.4 Å². The normalized spacial score (nSPS) is 23.7. The van der Waals surface area contributed by atoms with Gasteiger partial charge in [0.1, 0.15) is 5.52 Å². The van der Waals surface area contributed by atoms with E-state index in [9.17, 15) is 5.11 Å². The third kappa shape index (κ3) is 2.71. The van der Waals surface area contributed by atoms with Gasteiger partial charge in [-0.1, -0.05) is 6.42 Å². The molecule has 1 aliphatic carbocycles. The van der Waals surface area contributed by atoms with Gasteiger partial charge in [0, 0.05) is 18.9 Å². The van der Waals surface area contributed by atoms with Crippen molar-refractivity contribution in [1.82, 2.24) is 14.6 Å². The number of rotatable bonds is 3. The fourth-order valence-electron chi connectivity index (χ4n) is 2.87. The maximum atomic E-state index is 9.69. The molecule has 1 fully saturated rings. The maximum absolute atomic E-state index is 9.69. The van der Waals surface area contributed by atoms with E-state index in [0.29, 0.717) is 5.92 Å². The quantitative estimate of drug-likeness (QED) is 0.886. The van der Waals surface area contributed by atoms with Crippen molar-refractivity contribution in [3.8, 4) is 0 Å². The average molecular weight is 260 g/mol. The summed E-state index contributed by atoms with van der Waals surface area (Å²) in [7, 11) is 0. The van der Waals surface area contributed by atoms with Gasteiger partial charge >= 0.3 is 0 Å². The van der Waals surface area contributed by atoms with E-state index in [2.05, 4.69) is 15.4 Å².